The third kappa shape index (κ3) is 3.07. The number of hydrogen-bond acceptors (Lipinski definition) is 2. The molecule has 0 heterocycles. The summed E-state index contributed by atoms with van der Waals surface area (Å²) in [6.07, 6.45) is 2.29. The molecule has 108 valence electrons. The van der Waals surface area contributed by atoms with Crippen LogP contribution in [-0.2, 0) is 0 Å². The van der Waals surface area contributed by atoms with Crippen LogP contribution in [0.4, 0.5) is 5.69 Å². The summed E-state index contributed by atoms with van der Waals surface area (Å²) in [5.41, 5.74) is 3.14. The van der Waals surface area contributed by atoms with Crippen molar-refractivity contribution in [2.75, 3.05) is 12.4 Å². The van der Waals surface area contributed by atoms with Crippen molar-refractivity contribution in [3.05, 3.63) is 65.7 Å². The molecule has 0 saturated heterocycles. The molecule has 3 rings (SSSR count). The summed E-state index contributed by atoms with van der Waals surface area (Å²) >= 11 is 0. The highest BCUT2D eigenvalue weighted by atomic mass is 16.1. The lowest BCUT2D eigenvalue weighted by Gasteiger charge is -2.37. The maximum atomic E-state index is 11.6. The van der Waals surface area contributed by atoms with E-state index in [9.17, 15) is 4.79 Å². The molecule has 3 heteroatoms. The molecule has 0 aromatic heterocycles. The van der Waals surface area contributed by atoms with E-state index < -0.39 is 0 Å². The number of benzene rings is 2. The molecular weight excluding hydrogens is 260 g/mol. The van der Waals surface area contributed by atoms with E-state index in [1.54, 1.807) is 7.05 Å². The van der Waals surface area contributed by atoms with E-state index >= 15 is 0 Å². The van der Waals surface area contributed by atoms with Crippen molar-refractivity contribution >= 4 is 11.6 Å². The molecule has 1 aliphatic carbocycles. The average molecular weight is 280 g/mol. The summed E-state index contributed by atoms with van der Waals surface area (Å²) in [4.78, 5) is 11.6. The predicted molar refractivity (Wildman–Crippen MR) is 85.7 cm³/mol. The summed E-state index contributed by atoms with van der Waals surface area (Å²) in [5, 5.41) is 6.17. The molecule has 0 unspecified atom stereocenters. The fraction of sp³-hybridized carbons (Fsp3) is 0.278. The summed E-state index contributed by atoms with van der Waals surface area (Å²) < 4.78 is 0. The van der Waals surface area contributed by atoms with E-state index in [4.69, 9.17) is 0 Å². The molecule has 1 amide bonds. The second-order valence-electron chi connectivity index (χ2n) is 5.58. The Kier molecular flexibility index (Phi) is 3.91. The molecule has 0 atom stereocenters. The Morgan fingerprint density at radius 2 is 1.81 bits per heavy atom. The van der Waals surface area contributed by atoms with Crippen LogP contribution in [0.5, 0.6) is 0 Å². The van der Waals surface area contributed by atoms with Crippen LogP contribution in [0.25, 0.3) is 0 Å². The Bertz CT molecular complexity index is 618. The molecule has 0 spiro atoms. The van der Waals surface area contributed by atoms with Gasteiger partial charge in [0.2, 0.25) is 0 Å². The molecule has 21 heavy (non-hydrogen) atoms. The fourth-order valence-corrected chi connectivity index (χ4v) is 2.86. The third-order valence-electron chi connectivity index (χ3n) is 4.13. The van der Waals surface area contributed by atoms with Gasteiger partial charge in [0.05, 0.1) is 0 Å². The lowest BCUT2D eigenvalue weighted by Crippen LogP contribution is -2.34. The molecule has 2 N–H and O–H groups in total. The number of anilines is 1. The van der Waals surface area contributed by atoms with E-state index in [0.29, 0.717) is 17.5 Å². The van der Waals surface area contributed by atoms with Gasteiger partial charge in [-0.1, -0.05) is 36.4 Å². The van der Waals surface area contributed by atoms with E-state index in [2.05, 4.69) is 41.0 Å². The van der Waals surface area contributed by atoms with Crippen molar-refractivity contribution < 1.29 is 4.79 Å². The van der Waals surface area contributed by atoms with Crippen molar-refractivity contribution in [1.82, 2.24) is 5.32 Å². The van der Waals surface area contributed by atoms with Gasteiger partial charge in [0.15, 0.2) is 0 Å². The summed E-state index contributed by atoms with van der Waals surface area (Å²) in [5.74, 6) is 0.611. The van der Waals surface area contributed by atoms with E-state index in [1.165, 1.54) is 5.56 Å². The maximum Gasteiger partial charge on any atom is 0.251 e. The van der Waals surface area contributed by atoms with E-state index in [-0.39, 0.29) is 5.91 Å². The molecule has 0 bridgehead atoms. The molecule has 2 aromatic rings. The number of carbonyl (C=O) groups excluding carboxylic acids is 1. The summed E-state index contributed by atoms with van der Waals surface area (Å²) in [6.45, 7) is 0. The Morgan fingerprint density at radius 3 is 2.52 bits per heavy atom. The van der Waals surface area contributed by atoms with Crippen LogP contribution < -0.4 is 10.6 Å². The van der Waals surface area contributed by atoms with Crippen molar-refractivity contribution in [2.24, 2.45) is 0 Å². The first kappa shape index (κ1) is 13.7. The molecule has 0 radical (unpaired) electrons. The molecule has 1 fully saturated rings. The summed E-state index contributed by atoms with van der Waals surface area (Å²) in [6, 6.07) is 18.8. The Labute approximate surface area is 125 Å². The maximum absolute atomic E-state index is 11.6. The zero-order valence-corrected chi connectivity index (χ0v) is 12.2. The Balaban J connectivity index is 1.58. The summed E-state index contributed by atoms with van der Waals surface area (Å²) in [7, 11) is 1.65. The highest BCUT2D eigenvalue weighted by Gasteiger charge is 2.29. The van der Waals surface area contributed by atoms with Crippen LogP contribution in [0, 0.1) is 0 Å². The van der Waals surface area contributed by atoms with Gasteiger partial charge in [-0.05, 0) is 42.5 Å². The van der Waals surface area contributed by atoms with Gasteiger partial charge >= 0.3 is 0 Å². The van der Waals surface area contributed by atoms with Gasteiger partial charge in [0.1, 0.15) is 0 Å². The first-order chi connectivity index (χ1) is 10.3. The van der Waals surface area contributed by atoms with Crippen molar-refractivity contribution in [1.29, 1.82) is 0 Å². The fourth-order valence-electron chi connectivity index (χ4n) is 2.86. The van der Waals surface area contributed by atoms with Crippen LogP contribution in [0.3, 0.4) is 0 Å². The van der Waals surface area contributed by atoms with Crippen LogP contribution in [0.2, 0.25) is 0 Å². The standard InChI is InChI=1S/C18H20N2O/c1-19-18(21)14-8-5-9-16(10-14)20-17-11-15(12-17)13-6-3-2-4-7-13/h2-10,15,17,20H,11-12H2,1H3,(H,19,21). The second-order valence-corrected chi connectivity index (χ2v) is 5.58. The monoisotopic (exact) mass is 280 g/mol. The molecule has 0 aliphatic heterocycles. The first-order valence-electron chi connectivity index (χ1n) is 7.40. The van der Waals surface area contributed by atoms with Gasteiger partial charge in [0.25, 0.3) is 5.91 Å². The van der Waals surface area contributed by atoms with Gasteiger partial charge in [-0.3, -0.25) is 4.79 Å². The number of rotatable bonds is 4. The largest absolute Gasteiger partial charge is 0.382 e. The van der Waals surface area contributed by atoms with E-state index in [0.717, 1.165) is 18.5 Å². The van der Waals surface area contributed by atoms with Gasteiger partial charge in [0, 0.05) is 24.3 Å². The van der Waals surface area contributed by atoms with Crippen molar-refractivity contribution in [2.45, 2.75) is 24.8 Å². The zero-order valence-electron chi connectivity index (χ0n) is 12.2. The van der Waals surface area contributed by atoms with Crippen LogP contribution in [0.1, 0.15) is 34.7 Å². The number of nitrogens with one attached hydrogen (secondary N) is 2. The van der Waals surface area contributed by atoms with Crippen LogP contribution >= 0.6 is 0 Å². The number of hydrogen-bond donors (Lipinski definition) is 2. The zero-order chi connectivity index (χ0) is 14.7. The molecule has 1 saturated carbocycles. The van der Waals surface area contributed by atoms with Gasteiger partial charge in [-0.2, -0.15) is 0 Å². The molecular formula is C18H20N2O. The van der Waals surface area contributed by atoms with Crippen molar-refractivity contribution in [3.8, 4) is 0 Å². The minimum atomic E-state index is -0.0468. The normalized spacial score (nSPS) is 20.4. The third-order valence-corrected chi connectivity index (χ3v) is 4.13. The highest BCUT2D eigenvalue weighted by molar-refractivity contribution is 5.94. The average Bonchev–Trinajstić information content (AvgIpc) is 2.51. The minimum absolute atomic E-state index is 0.0468. The molecule has 1 aliphatic rings. The number of carbonyl (C=O) groups is 1. The Morgan fingerprint density at radius 1 is 1.05 bits per heavy atom. The predicted octanol–water partition coefficient (Wildman–Crippen LogP) is 3.40. The first-order valence-corrected chi connectivity index (χ1v) is 7.40. The lowest BCUT2D eigenvalue weighted by molar-refractivity contribution is 0.0963. The molecule has 2 aromatic carbocycles. The lowest BCUT2D eigenvalue weighted by atomic mass is 9.76. The van der Waals surface area contributed by atoms with Gasteiger partial charge < -0.3 is 10.6 Å². The highest BCUT2D eigenvalue weighted by Crippen LogP contribution is 2.38. The Hall–Kier alpha value is -2.29. The smallest absolute Gasteiger partial charge is 0.251 e. The van der Waals surface area contributed by atoms with Crippen LogP contribution in [-0.4, -0.2) is 19.0 Å². The van der Waals surface area contributed by atoms with E-state index in [1.807, 2.05) is 24.3 Å². The minimum Gasteiger partial charge on any atom is -0.382 e. The molecule has 3 nitrogen and oxygen atoms in total. The quantitative estimate of drug-likeness (QED) is 0.901. The SMILES string of the molecule is CNC(=O)c1cccc(NC2CC(c3ccccc3)C2)c1. The number of amides is 1. The second kappa shape index (κ2) is 6.00. The topological polar surface area (TPSA) is 41.1 Å². The van der Waals surface area contributed by atoms with Crippen LogP contribution in [0.15, 0.2) is 54.6 Å². The van der Waals surface area contributed by atoms with Gasteiger partial charge in [-0.25, -0.2) is 0 Å². The van der Waals surface area contributed by atoms with Gasteiger partial charge in [-0.15, -0.1) is 0 Å². The van der Waals surface area contributed by atoms with Crippen molar-refractivity contribution in [3.63, 3.8) is 0 Å².